The normalized spacial score (nSPS) is 11.5. The number of rotatable bonds is 0. The minimum absolute atomic E-state index is 0.331. The summed E-state index contributed by atoms with van der Waals surface area (Å²) >= 11 is 0. The topological polar surface area (TPSA) is 43.4 Å². The fourth-order valence-electron chi connectivity index (χ4n) is 2.41. The van der Waals surface area contributed by atoms with Gasteiger partial charge in [0.05, 0.1) is 6.26 Å². The molecule has 86 valence electrons. The quantitative estimate of drug-likeness (QED) is 0.553. The van der Waals surface area contributed by atoms with Crippen molar-refractivity contribution in [2.75, 3.05) is 0 Å². The van der Waals surface area contributed by atoms with Crippen LogP contribution in [0.4, 0.5) is 0 Å². The smallest absolute Gasteiger partial charge is 0.336 e. The molecule has 3 aromatic rings. The molecule has 3 rings (SSSR count). The molecule has 0 radical (unpaired) electrons. The van der Waals surface area contributed by atoms with Crippen LogP contribution in [0.3, 0.4) is 0 Å². The van der Waals surface area contributed by atoms with Crippen molar-refractivity contribution in [3.05, 3.63) is 45.5 Å². The van der Waals surface area contributed by atoms with Gasteiger partial charge in [0, 0.05) is 22.4 Å². The molecule has 2 heterocycles. The van der Waals surface area contributed by atoms with Gasteiger partial charge in [0.2, 0.25) is 0 Å². The Morgan fingerprint density at radius 3 is 2.53 bits per heavy atom. The fraction of sp³-hybridized carbons (Fsp3) is 0.214. The van der Waals surface area contributed by atoms with Crippen molar-refractivity contribution in [1.82, 2.24) is 0 Å². The van der Waals surface area contributed by atoms with Crippen LogP contribution in [-0.2, 0) is 0 Å². The van der Waals surface area contributed by atoms with Gasteiger partial charge in [-0.25, -0.2) is 4.79 Å². The van der Waals surface area contributed by atoms with Gasteiger partial charge in [0.25, 0.3) is 0 Å². The first-order valence-corrected chi connectivity index (χ1v) is 5.50. The molecule has 0 N–H and O–H groups in total. The van der Waals surface area contributed by atoms with Crippen LogP contribution in [-0.4, -0.2) is 0 Å². The van der Waals surface area contributed by atoms with E-state index < -0.39 is 0 Å². The number of furan rings is 1. The molecule has 0 aliphatic rings. The van der Waals surface area contributed by atoms with Crippen LogP contribution in [0.2, 0.25) is 0 Å². The Balaban J connectivity index is 2.69. The first kappa shape index (κ1) is 10.1. The van der Waals surface area contributed by atoms with E-state index in [2.05, 4.69) is 0 Å². The summed E-state index contributed by atoms with van der Waals surface area (Å²) in [5.74, 6) is 0. The molecule has 0 saturated heterocycles. The summed E-state index contributed by atoms with van der Waals surface area (Å²) in [5.41, 5.74) is 4.18. The molecule has 1 aromatic carbocycles. The Hall–Kier alpha value is -2.03. The van der Waals surface area contributed by atoms with Crippen molar-refractivity contribution in [1.29, 1.82) is 0 Å². The molecule has 3 nitrogen and oxygen atoms in total. The van der Waals surface area contributed by atoms with E-state index in [1.54, 1.807) is 6.26 Å². The molecule has 2 aromatic heterocycles. The van der Waals surface area contributed by atoms with Crippen molar-refractivity contribution in [2.24, 2.45) is 0 Å². The highest BCUT2D eigenvalue weighted by Gasteiger charge is 2.15. The fourth-order valence-corrected chi connectivity index (χ4v) is 2.41. The Bertz CT molecular complexity index is 790. The van der Waals surface area contributed by atoms with Crippen LogP contribution < -0.4 is 5.63 Å². The highest BCUT2D eigenvalue weighted by molar-refractivity contribution is 6.01. The molecular weight excluding hydrogens is 216 g/mol. The summed E-state index contributed by atoms with van der Waals surface area (Å²) in [4.78, 5) is 11.3. The zero-order valence-corrected chi connectivity index (χ0v) is 9.96. The van der Waals surface area contributed by atoms with Crippen LogP contribution in [0.5, 0.6) is 0 Å². The Morgan fingerprint density at radius 2 is 1.76 bits per heavy atom. The number of hydrogen-bond donors (Lipinski definition) is 0. The lowest BCUT2D eigenvalue weighted by Crippen LogP contribution is -1.97. The van der Waals surface area contributed by atoms with Crippen LogP contribution in [0.1, 0.15) is 16.7 Å². The molecule has 0 aliphatic heterocycles. The lowest BCUT2D eigenvalue weighted by molar-refractivity contribution is 0.556. The zero-order chi connectivity index (χ0) is 12.2. The molecular formula is C14H12O3. The average molecular weight is 228 g/mol. The summed E-state index contributed by atoms with van der Waals surface area (Å²) in [7, 11) is 0. The molecule has 0 saturated carbocycles. The maximum Gasteiger partial charge on any atom is 0.336 e. The first-order chi connectivity index (χ1) is 8.09. The number of aryl methyl sites for hydroxylation is 3. The Kier molecular flexibility index (Phi) is 1.93. The number of fused-ring (bicyclic) bond motifs is 2. The molecule has 0 fully saturated rings. The van der Waals surface area contributed by atoms with Crippen LogP contribution in [0, 0.1) is 20.8 Å². The molecule has 0 bridgehead atoms. The lowest BCUT2D eigenvalue weighted by Gasteiger charge is -2.06. The van der Waals surface area contributed by atoms with Gasteiger partial charge in [-0.1, -0.05) is 0 Å². The van der Waals surface area contributed by atoms with Gasteiger partial charge < -0.3 is 8.83 Å². The number of hydrogen-bond acceptors (Lipinski definition) is 3. The highest BCUT2D eigenvalue weighted by Crippen LogP contribution is 2.33. The Labute approximate surface area is 97.7 Å². The second-order valence-corrected chi connectivity index (χ2v) is 4.37. The van der Waals surface area contributed by atoms with Crippen molar-refractivity contribution in [3.63, 3.8) is 0 Å². The van der Waals surface area contributed by atoms with E-state index in [0.717, 1.165) is 33.0 Å². The maximum atomic E-state index is 11.3. The average Bonchev–Trinajstić information content (AvgIpc) is 2.68. The highest BCUT2D eigenvalue weighted by atomic mass is 16.4. The van der Waals surface area contributed by atoms with Crippen molar-refractivity contribution in [2.45, 2.75) is 20.8 Å². The van der Waals surface area contributed by atoms with E-state index in [4.69, 9.17) is 8.83 Å². The molecule has 0 unspecified atom stereocenters. The van der Waals surface area contributed by atoms with Crippen molar-refractivity contribution in [3.8, 4) is 0 Å². The van der Waals surface area contributed by atoms with Gasteiger partial charge in [0.1, 0.15) is 11.2 Å². The van der Waals surface area contributed by atoms with Crippen LogP contribution in [0.25, 0.3) is 21.9 Å². The van der Waals surface area contributed by atoms with Gasteiger partial charge in [-0.2, -0.15) is 0 Å². The second-order valence-electron chi connectivity index (χ2n) is 4.37. The van der Waals surface area contributed by atoms with Gasteiger partial charge >= 0.3 is 5.63 Å². The van der Waals surface area contributed by atoms with Crippen LogP contribution in [0.15, 0.2) is 32.0 Å². The molecule has 17 heavy (non-hydrogen) atoms. The molecule has 0 aliphatic carbocycles. The van der Waals surface area contributed by atoms with E-state index in [1.165, 1.54) is 6.07 Å². The van der Waals surface area contributed by atoms with Crippen LogP contribution >= 0.6 is 0 Å². The standard InChI is InChI=1S/C14H12O3/c1-7-6-16-14-9(3)13-10(8(2)12(7)14)4-5-11(15)17-13/h4-6H,1-3H3. The van der Waals surface area contributed by atoms with Crippen molar-refractivity contribution >= 4 is 21.9 Å². The monoisotopic (exact) mass is 228 g/mol. The summed E-state index contributed by atoms with van der Waals surface area (Å²) in [6.45, 7) is 5.95. The largest absolute Gasteiger partial charge is 0.464 e. The van der Waals surface area contributed by atoms with E-state index in [0.29, 0.717) is 5.58 Å². The van der Waals surface area contributed by atoms with E-state index in [1.807, 2.05) is 26.8 Å². The third-order valence-corrected chi connectivity index (χ3v) is 3.27. The zero-order valence-electron chi connectivity index (χ0n) is 9.96. The Morgan fingerprint density at radius 1 is 1.00 bits per heavy atom. The third-order valence-electron chi connectivity index (χ3n) is 3.27. The van der Waals surface area contributed by atoms with Gasteiger partial charge in [-0.15, -0.1) is 0 Å². The second kappa shape index (κ2) is 3.23. The minimum atomic E-state index is -0.331. The predicted octanol–water partition coefficient (Wildman–Crippen LogP) is 3.46. The van der Waals surface area contributed by atoms with Gasteiger partial charge in [-0.05, 0) is 38.0 Å². The summed E-state index contributed by atoms with van der Waals surface area (Å²) in [6.07, 6.45) is 1.74. The van der Waals surface area contributed by atoms with E-state index in [-0.39, 0.29) is 5.63 Å². The molecule has 0 amide bonds. The molecule has 3 heteroatoms. The number of benzene rings is 1. The molecule has 0 spiro atoms. The maximum absolute atomic E-state index is 11.3. The predicted molar refractivity (Wildman–Crippen MR) is 66.5 cm³/mol. The van der Waals surface area contributed by atoms with Crippen molar-refractivity contribution < 1.29 is 8.83 Å². The summed E-state index contributed by atoms with van der Waals surface area (Å²) in [5, 5.41) is 2.09. The minimum Gasteiger partial charge on any atom is -0.464 e. The molecule has 0 atom stereocenters. The summed E-state index contributed by atoms with van der Waals surface area (Å²) in [6, 6.07) is 3.27. The van der Waals surface area contributed by atoms with Gasteiger partial charge in [0.15, 0.2) is 0 Å². The first-order valence-electron chi connectivity index (χ1n) is 5.50. The third kappa shape index (κ3) is 1.25. The summed E-state index contributed by atoms with van der Waals surface area (Å²) < 4.78 is 10.8. The van der Waals surface area contributed by atoms with Gasteiger partial charge in [-0.3, -0.25) is 0 Å². The SMILES string of the molecule is Cc1c2oc(=O)ccc2c(C)c2c(C)coc12. The lowest BCUT2D eigenvalue weighted by atomic mass is 10.00. The van der Waals surface area contributed by atoms with E-state index in [9.17, 15) is 4.79 Å². The van der Waals surface area contributed by atoms with E-state index >= 15 is 0 Å².